The zero-order valence-electron chi connectivity index (χ0n) is 14.3. The Morgan fingerprint density at radius 3 is 2.52 bits per heavy atom. The molecule has 2 aliphatic heterocycles. The summed E-state index contributed by atoms with van der Waals surface area (Å²) in [5.74, 6) is -0.398. The van der Waals surface area contributed by atoms with E-state index >= 15 is 0 Å². The average Bonchev–Trinajstić information content (AvgIpc) is 3.12. The van der Waals surface area contributed by atoms with Crippen LogP contribution in [0.25, 0.3) is 0 Å². The van der Waals surface area contributed by atoms with Crippen LogP contribution in [0.4, 0.5) is 0 Å². The number of hydrogen-bond acceptors (Lipinski definition) is 5. The minimum Gasteiger partial charge on any atom is -0.379 e. The molecule has 25 heavy (non-hydrogen) atoms. The average molecular weight is 342 g/mol. The van der Waals surface area contributed by atoms with Crippen LogP contribution in [0.2, 0.25) is 0 Å². The van der Waals surface area contributed by atoms with Crippen molar-refractivity contribution in [2.75, 3.05) is 39.4 Å². The van der Waals surface area contributed by atoms with Gasteiger partial charge in [0, 0.05) is 44.8 Å². The summed E-state index contributed by atoms with van der Waals surface area (Å²) in [6.07, 6.45) is 0.602. The molecule has 0 bridgehead atoms. The van der Waals surface area contributed by atoms with E-state index in [0.29, 0.717) is 56.9 Å². The van der Waals surface area contributed by atoms with E-state index in [4.69, 9.17) is 15.7 Å². The van der Waals surface area contributed by atoms with Crippen molar-refractivity contribution in [2.24, 2.45) is 5.73 Å². The molecule has 2 heterocycles. The Bertz CT molecular complexity index is 726. The van der Waals surface area contributed by atoms with E-state index in [1.807, 2.05) is 6.92 Å². The molecular weight excluding hydrogens is 320 g/mol. The molecule has 1 aromatic rings. The number of carbonyl (C=O) groups is 2. The van der Waals surface area contributed by atoms with Crippen LogP contribution in [0.15, 0.2) is 18.2 Å². The standard InChI is InChI=1S/C18H22N4O3/c1-13-10-14(11-19)2-3-15(13)16(23)21-5-7-22(8-6-21)18(17(20)24)4-9-25-12-18/h2-3,10H,4-9,12H2,1H3,(H2,20,24). The van der Waals surface area contributed by atoms with Gasteiger partial charge in [-0.05, 0) is 30.7 Å². The SMILES string of the molecule is Cc1cc(C#N)ccc1C(=O)N1CCN(C2(C(N)=O)CCOC2)CC1. The summed E-state index contributed by atoms with van der Waals surface area (Å²) >= 11 is 0. The van der Waals surface area contributed by atoms with Gasteiger partial charge in [0.05, 0.1) is 18.2 Å². The highest BCUT2D eigenvalue weighted by atomic mass is 16.5. The maximum Gasteiger partial charge on any atom is 0.254 e. The summed E-state index contributed by atoms with van der Waals surface area (Å²) in [4.78, 5) is 28.6. The number of benzene rings is 1. The summed E-state index contributed by atoms with van der Waals surface area (Å²) in [5, 5.41) is 8.94. The zero-order chi connectivity index (χ0) is 18.0. The largest absolute Gasteiger partial charge is 0.379 e. The lowest BCUT2D eigenvalue weighted by Crippen LogP contribution is -2.63. The molecule has 2 saturated heterocycles. The van der Waals surface area contributed by atoms with Crippen molar-refractivity contribution in [3.05, 3.63) is 34.9 Å². The fraction of sp³-hybridized carbons (Fsp3) is 0.500. The number of nitrogens with two attached hydrogens (primary N) is 1. The van der Waals surface area contributed by atoms with Crippen molar-refractivity contribution in [1.82, 2.24) is 9.80 Å². The number of amides is 2. The molecule has 0 aromatic heterocycles. The number of ether oxygens (including phenoxy) is 1. The number of piperazine rings is 1. The predicted molar refractivity (Wildman–Crippen MR) is 90.7 cm³/mol. The van der Waals surface area contributed by atoms with E-state index in [0.717, 1.165) is 5.56 Å². The Labute approximate surface area is 146 Å². The molecule has 132 valence electrons. The number of nitriles is 1. The smallest absolute Gasteiger partial charge is 0.254 e. The molecule has 2 N–H and O–H groups in total. The highest BCUT2D eigenvalue weighted by molar-refractivity contribution is 5.96. The first-order valence-corrected chi connectivity index (χ1v) is 8.41. The lowest BCUT2D eigenvalue weighted by atomic mass is 9.94. The van der Waals surface area contributed by atoms with E-state index in [1.165, 1.54) is 0 Å². The monoisotopic (exact) mass is 342 g/mol. The van der Waals surface area contributed by atoms with Crippen molar-refractivity contribution < 1.29 is 14.3 Å². The maximum absolute atomic E-state index is 12.8. The summed E-state index contributed by atoms with van der Waals surface area (Å²) in [6, 6.07) is 7.17. The first-order valence-electron chi connectivity index (χ1n) is 8.41. The van der Waals surface area contributed by atoms with Gasteiger partial charge in [0.2, 0.25) is 5.91 Å². The van der Waals surface area contributed by atoms with Crippen molar-refractivity contribution in [2.45, 2.75) is 18.9 Å². The Morgan fingerprint density at radius 1 is 1.28 bits per heavy atom. The Kier molecular flexibility index (Phi) is 4.75. The van der Waals surface area contributed by atoms with Gasteiger partial charge in [-0.3, -0.25) is 14.5 Å². The number of nitrogens with zero attached hydrogens (tertiary/aromatic N) is 3. The number of aryl methyl sites for hydroxylation is 1. The Hall–Kier alpha value is -2.43. The first kappa shape index (κ1) is 17.4. The second-order valence-electron chi connectivity index (χ2n) is 6.62. The third kappa shape index (κ3) is 3.11. The highest BCUT2D eigenvalue weighted by Crippen LogP contribution is 2.27. The molecule has 2 aliphatic rings. The van der Waals surface area contributed by atoms with Gasteiger partial charge in [-0.15, -0.1) is 0 Å². The molecule has 2 amide bonds. The topological polar surface area (TPSA) is 99.7 Å². The third-order valence-corrected chi connectivity index (χ3v) is 5.22. The van der Waals surface area contributed by atoms with Crippen LogP contribution in [-0.2, 0) is 9.53 Å². The van der Waals surface area contributed by atoms with Gasteiger partial charge in [-0.2, -0.15) is 5.26 Å². The van der Waals surface area contributed by atoms with Crippen LogP contribution in [-0.4, -0.2) is 66.5 Å². The molecule has 3 rings (SSSR count). The first-order chi connectivity index (χ1) is 12.0. The quantitative estimate of drug-likeness (QED) is 0.850. The lowest BCUT2D eigenvalue weighted by molar-refractivity contribution is -0.131. The van der Waals surface area contributed by atoms with E-state index in [1.54, 1.807) is 23.1 Å². The molecule has 0 spiro atoms. The molecule has 0 saturated carbocycles. The highest BCUT2D eigenvalue weighted by Gasteiger charge is 2.47. The van der Waals surface area contributed by atoms with Gasteiger partial charge in [-0.1, -0.05) is 0 Å². The number of hydrogen-bond donors (Lipinski definition) is 1. The fourth-order valence-corrected chi connectivity index (χ4v) is 3.63. The molecule has 7 heteroatoms. The predicted octanol–water partition coefficient (Wildman–Crippen LogP) is 0.269. The minimum absolute atomic E-state index is 0.0440. The molecule has 1 aromatic carbocycles. The normalized spacial score (nSPS) is 24.1. The molecule has 0 aliphatic carbocycles. The van der Waals surface area contributed by atoms with Gasteiger partial charge in [0.1, 0.15) is 5.54 Å². The Balaban J connectivity index is 1.69. The summed E-state index contributed by atoms with van der Waals surface area (Å²) in [5.41, 5.74) is 6.84. The van der Waals surface area contributed by atoms with Crippen LogP contribution in [0, 0.1) is 18.3 Å². The van der Waals surface area contributed by atoms with Crippen molar-refractivity contribution in [1.29, 1.82) is 5.26 Å². The lowest BCUT2D eigenvalue weighted by Gasteiger charge is -2.43. The van der Waals surface area contributed by atoms with E-state index in [-0.39, 0.29) is 11.8 Å². The third-order valence-electron chi connectivity index (χ3n) is 5.22. The molecule has 7 nitrogen and oxygen atoms in total. The summed E-state index contributed by atoms with van der Waals surface area (Å²) in [7, 11) is 0. The molecule has 0 radical (unpaired) electrons. The van der Waals surface area contributed by atoms with Gasteiger partial charge in [0.15, 0.2) is 0 Å². The van der Waals surface area contributed by atoms with Crippen LogP contribution in [0.1, 0.15) is 27.9 Å². The summed E-state index contributed by atoms with van der Waals surface area (Å²) in [6.45, 7) is 4.95. The molecule has 1 atom stereocenters. The van der Waals surface area contributed by atoms with Gasteiger partial charge < -0.3 is 15.4 Å². The fourth-order valence-electron chi connectivity index (χ4n) is 3.63. The molecular formula is C18H22N4O3. The van der Waals surface area contributed by atoms with Crippen LogP contribution >= 0.6 is 0 Å². The molecule has 2 fully saturated rings. The van der Waals surface area contributed by atoms with Gasteiger partial charge >= 0.3 is 0 Å². The van der Waals surface area contributed by atoms with Gasteiger partial charge in [0.25, 0.3) is 5.91 Å². The number of rotatable bonds is 3. The van der Waals surface area contributed by atoms with E-state index < -0.39 is 5.54 Å². The minimum atomic E-state index is -0.737. The maximum atomic E-state index is 12.8. The molecule has 1 unspecified atom stereocenters. The summed E-state index contributed by atoms with van der Waals surface area (Å²) < 4.78 is 5.41. The van der Waals surface area contributed by atoms with Crippen molar-refractivity contribution in [3.63, 3.8) is 0 Å². The van der Waals surface area contributed by atoms with Crippen LogP contribution < -0.4 is 5.73 Å². The number of carbonyl (C=O) groups excluding carboxylic acids is 2. The Morgan fingerprint density at radius 2 is 2.00 bits per heavy atom. The van der Waals surface area contributed by atoms with E-state index in [2.05, 4.69) is 11.0 Å². The van der Waals surface area contributed by atoms with E-state index in [9.17, 15) is 9.59 Å². The number of primary amides is 1. The second kappa shape index (κ2) is 6.82. The van der Waals surface area contributed by atoms with Crippen molar-refractivity contribution >= 4 is 11.8 Å². The zero-order valence-corrected chi connectivity index (χ0v) is 14.3. The van der Waals surface area contributed by atoms with Crippen LogP contribution in [0.5, 0.6) is 0 Å². The van der Waals surface area contributed by atoms with Gasteiger partial charge in [-0.25, -0.2) is 0 Å². The van der Waals surface area contributed by atoms with Crippen molar-refractivity contribution in [3.8, 4) is 6.07 Å². The van der Waals surface area contributed by atoms with Crippen LogP contribution in [0.3, 0.4) is 0 Å². The second-order valence-corrected chi connectivity index (χ2v) is 6.62.